The molecule has 2 aromatic carbocycles. The normalized spacial score (nSPS) is 18.4. The van der Waals surface area contributed by atoms with Crippen molar-refractivity contribution in [1.29, 1.82) is 0 Å². The lowest BCUT2D eigenvalue weighted by Crippen LogP contribution is -2.60. The van der Waals surface area contributed by atoms with Crippen molar-refractivity contribution < 1.29 is 8.78 Å². The van der Waals surface area contributed by atoms with Gasteiger partial charge in [-0.15, -0.1) is 0 Å². The van der Waals surface area contributed by atoms with Crippen molar-refractivity contribution in [3.63, 3.8) is 0 Å². The Labute approximate surface area is 240 Å². The molecule has 0 saturated carbocycles. The molecule has 210 valence electrons. The first-order chi connectivity index (χ1) is 18.4. The molecule has 0 bridgehead atoms. The van der Waals surface area contributed by atoms with E-state index in [1.807, 2.05) is 54.4 Å². The lowest BCUT2D eigenvalue weighted by atomic mass is 10.0. The fraction of sp³-hybridized carbons (Fsp3) is 0.467. The summed E-state index contributed by atoms with van der Waals surface area (Å²) in [6.45, 7) is 11.5. The maximum atomic E-state index is 12.9. The molecule has 0 atom stereocenters. The molecule has 0 aliphatic carbocycles. The van der Waals surface area contributed by atoms with Crippen LogP contribution in [0, 0.1) is 0 Å². The van der Waals surface area contributed by atoms with Gasteiger partial charge in [-0.25, -0.2) is 8.78 Å². The van der Waals surface area contributed by atoms with Crippen molar-refractivity contribution >= 4 is 40.7 Å². The molecule has 0 radical (unpaired) electrons. The highest BCUT2D eigenvalue weighted by Gasteiger charge is 2.34. The first kappa shape index (κ1) is 29.6. The van der Waals surface area contributed by atoms with E-state index in [-0.39, 0.29) is 19.6 Å². The number of hydrogen-bond donors (Lipinski definition) is 0. The van der Waals surface area contributed by atoms with Crippen molar-refractivity contribution in [2.24, 2.45) is 10.2 Å². The van der Waals surface area contributed by atoms with Gasteiger partial charge in [0, 0.05) is 47.2 Å². The largest absolute Gasteiger partial charge is 0.372 e. The van der Waals surface area contributed by atoms with Crippen LogP contribution in [0.3, 0.4) is 0 Å². The molecule has 5 nitrogen and oxygen atoms in total. The van der Waals surface area contributed by atoms with E-state index in [2.05, 4.69) is 43.9 Å². The van der Waals surface area contributed by atoms with E-state index in [0.717, 1.165) is 67.3 Å². The third-order valence-electron chi connectivity index (χ3n) is 7.60. The quantitative estimate of drug-likeness (QED) is 0.275. The molecule has 3 heterocycles. The number of nitrogens with zero attached hydrogens (tertiary/aromatic N) is 5. The van der Waals surface area contributed by atoms with E-state index < -0.39 is 6.43 Å². The predicted octanol–water partition coefficient (Wildman–Crippen LogP) is 7.52. The number of halogens is 3. The second-order valence-corrected chi connectivity index (χ2v) is 11.9. The number of rotatable bonds is 10. The summed E-state index contributed by atoms with van der Waals surface area (Å²) < 4.78 is 28.2. The SMILES string of the molecule is C.C=C(CC)N1CC(N2CCC(SN(Cc3ccc(C4=NN=C(C(F)F)C4)cc3)c3cccc(Cl)c3)CC2)C1. The molecule has 2 saturated heterocycles. The summed E-state index contributed by atoms with van der Waals surface area (Å²) in [7, 11) is 0. The number of likely N-dealkylation sites (tertiary alicyclic amines) is 2. The third kappa shape index (κ3) is 7.21. The van der Waals surface area contributed by atoms with Gasteiger partial charge in [-0.3, -0.25) is 4.90 Å². The van der Waals surface area contributed by atoms with Crippen LogP contribution in [0.25, 0.3) is 0 Å². The van der Waals surface area contributed by atoms with Crippen LogP contribution in [0.1, 0.15) is 51.2 Å². The van der Waals surface area contributed by atoms with Gasteiger partial charge in [-0.1, -0.05) is 62.9 Å². The van der Waals surface area contributed by atoms with Gasteiger partial charge in [0.25, 0.3) is 6.43 Å². The van der Waals surface area contributed by atoms with Crippen LogP contribution in [0.15, 0.2) is 71.0 Å². The maximum Gasteiger partial charge on any atom is 0.278 e. The van der Waals surface area contributed by atoms with Gasteiger partial charge in [-0.2, -0.15) is 10.2 Å². The molecule has 39 heavy (non-hydrogen) atoms. The standard InChI is InChI=1S/C29H34ClF2N5S.CH4/c1-3-20(2)36-18-25(19-36)35-13-11-26(12-14-35)38-37(24-6-4-5-23(30)15-24)17-21-7-9-22(10-8-21)27-16-28(29(31)32)34-33-27;/h4-10,15,25-26,29H,2-3,11-14,16-19H2,1H3;1H4. The molecule has 3 aliphatic heterocycles. The van der Waals surface area contributed by atoms with Gasteiger partial charge >= 0.3 is 0 Å². The van der Waals surface area contributed by atoms with Crippen molar-refractivity contribution in [2.75, 3.05) is 30.5 Å². The number of alkyl halides is 2. The zero-order valence-corrected chi connectivity index (χ0v) is 23.3. The predicted molar refractivity (Wildman–Crippen MR) is 162 cm³/mol. The van der Waals surface area contributed by atoms with Crippen LogP contribution < -0.4 is 4.31 Å². The van der Waals surface area contributed by atoms with Gasteiger partial charge in [0.05, 0.1) is 12.3 Å². The van der Waals surface area contributed by atoms with Crippen molar-refractivity contribution in [3.8, 4) is 0 Å². The summed E-state index contributed by atoms with van der Waals surface area (Å²) in [5.41, 5.74) is 4.72. The molecule has 5 rings (SSSR count). The average Bonchev–Trinajstić information content (AvgIpc) is 3.40. The van der Waals surface area contributed by atoms with Crippen molar-refractivity contribution in [1.82, 2.24) is 9.80 Å². The molecule has 0 aromatic heterocycles. The lowest BCUT2D eigenvalue weighted by Gasteiger charge is -2.49. The smallest absolute Gasteiger partial charge is 0.278 e. The Kier molecular flexibility index (Phi) is 10.1. The molecule has 2 aromatic rings. The van der Waals surface area contributed by atoms with E-state index in [9.17, 15) is 8.78 Å². The van der Waals surface area contributed by atoms with E-state index >= 15 is 0 Å². The van der Waals surface area contributed by atoms with Gasteiger partial charge in [0.1, 0.15) is 5.71 Å². The number of benzene rings is 2. The van der Waals surface area contributed by atoms with Crippen LogP contribution >= 0.6 is 23.5 Å². The summed E-state index contributed by atoms with van der Waals surface area (Å²) in [6.07, 6.45) is 0.870. The van der Waals surface area contributed by atoms with E-state index in [0.29, 0.717) is 23.5 Å². The average molecular weight is 574 g/mol. The molecule has 2 fully saturated rings. The highest BCUT2D eigenvalue weighted by atomic mass is 35.5. The Morgan fingerprint density at radius 1 is 1.13 bits per heavy atom. The Hall–Kier alpha value is -2.42. The molecule has 0 N–H and O–H groups in total. The summed E-state index contributed by atoms with van der Waals surface area (Å²) in [5, 5.41) is 8.85. The lowest BCUT2D eigenvalue weighted by molar-refractivity contribution is 0.0445. The van der Waals surface area contributed by atoms with Crippen LogP contribution in [-0.4, -0.2) is 65.1 Å². The number of allylic oxidation sites excluding steroid dienone is 1. The van der Waals surface area contributed by atoms with Gasteiger partial charge in [-0.05, 0) is 73.6 Å². The Morgan fingerprint density at radius 3 is 2.46 bits per heavy atom. The molecule has 3 aliphatic rings. The maximum absolute atomic E-state index is 12.9. The van der Waals surface area contributed by atoms with Gasteiger partial charge < -0.3 is 9.21 Å². The molecule has 9 heteroatoms. The Balaban J connectivity index is 0.00000353. The molecule has 0 spiro atoms. The van der Waals surface area contributed by atoms with Gasteiger partial charge in [0.15, 0.2) is 0 Å². The molecular weight excluding hydrogens is 536 g/mol. The zero-order valence-electron chi connectivity index (χ0n) is 21.7. The summed E-state index contributed by atoms with van der Waals surface area (Å²) in [4.78, 5) is 5.05. The second-order valence-electron chi connectivity index (χ2n) is 10.1. The van der Waals surface area contributed by atoms with Crippen LogP contribution in [0.5, 0.6) is 0 Å². The highest BCUT2D eigenvalue weighted by Crippen LogP contribution is 2.35. The van der Waals surface area contributed by atoms with Crippen LogP contribution in [0.2, 0.25) is 5.02 Å². The second kappa shape index (κ2) is 13.3. The molecule has 0 amide bonds. The summed E-state index contributed by atoms with van der Waals surface area (Å²) >= 11 is 8.25. The Morgan fingerprint density at radius 2 is 1.85 bits per heavy atom. The molecule has 0 unspecified atom stereocenters. The van der Waals surface area contributed by atoms with Gasteiger partial charge in [0.2, 0.25) is 0 Å². The first-order valence-electron chi connectivity index (χ1n) is 13.3. The number of hydrogen-bond acceptors (Lipinski definition) is 6. The third-order valence-corrected chi connectivity index (χ3v) is 9.20. The summed E-state index contributed by atoms with van der Waals surface area (Å²) in [5.74, 6) is 0. The van der Waals surface area contributed by atoms with E-state index in [1.54, 1.807) is 0 Å². The van der Waals surface area contributed by atoms with E-state index in [4.69, 9.17) is 11.6 Å². The minimum atomic E-state index is -2.56. The minimum absolute atomic E-state index is 0. The van der Waals surface area contributed by atoms with Crippen LogP contribution in [-0.2, 0) is 6.54 Å². The fourth-order valence-electron chi connectivity index (χ4n) is 5.13. The van der Waals surface area contributed by atoms with Crippen molar-refractivity contribution in [3.05, 3.63) is 77.0 Å². The fourth-order valence-corrected chi connectivity index (χ4v) is 6.56. The number of anilines is 1. The summed E-state index contributed by atoms with van der Waals surface area (Å²) in [6, 6.07) is 16.6. The topological polar surface area (TPSA) is 34.4 Å². The minimum Gasteiger partial charge on any atom is -0.372 e. The monoisotopic (exact) mass is 573 g/mol. The van der Waals surface area contributed by atoms with Crippen molar-refractivity contribution in [2.45, 2.75) is 64.3 Å². The van der Waals surface area contributed by atoms with E-state index in [1.165, 1.54) is 5.70 Å². The number of piperidine rings is 1. The zero-order chi connectivity index (χ0) is 26.6. The molecular formula is C30H38ClF2N5S. The highest BCUT2D eigenvalue weighted by molar-refractivity contribution is 8.01. The Bertz CT molecular complexity index is 1190. The first-order valence-corrected chi connectivity index (χ1v) is 14.5. The van der Waals surface area contributed by atoms with Crippen LogP contribution in [0.4, 0.5) is 14.5 Å².